The molecule has 0 bridgehead atoms. The lowest BCUT2D eigenvalue weighted by Crippen LogP contribution is -2.23. The summed E-state index contributed by atoms with van der Waals surface area (Å²) in [5.41, 5.74) is 1.01. The number of ether oxygens (including phenoxy) is 2. The van der Waals surface area contributed by atoms with Crippen molar-refractivity contribution in [2.75, 3.05) is 13.7 Å². The van der Waals surface area contributed by atoms with Gasteiger partial charge in [0.1, 0.15) is 5.75 Å². The first-order chi connectivity index (χ1) is 11.7. The Morgan fingerprint density at radius 1 is 1.17 bits per heavy atom. The number of hydrogen-bond donors (Lipinski definition) is 1. The molecule has 0 aliphatic carbocycles. The van der Waals surface area contributed by atoms with Crippen molar-refractivity contribution < 1.29 is 19.1 Å². The smallest absolute Gasteiger partial charge is 0.337 e. The molecule has 0 atom stereocenters. The van der Waals surface area contributed by atoms with Gasteiger partial charge in [-0.2, -0.15) is 0 Å². The molecule has 1 aromatic carbocycles. The number of methoxy groups -OCH3 is 1. The van der Waals surface area contributed by atoms with Gasteiger partial charge in [0.15, 0.2) is 0 Å². The van der Waals surface area contributed by atoms with E-state index in [9.17, 15) is 9.59 Å². The maximum absolute atomic E-state index is 11.8. The standard InChI is InChI=1S/C18H20N2O4/c1-23-18(22)14-9-10-19-15(12-14)13-20-17(21)8-5-11-24-16-6-3-2-4-7-16/h2-4,6-7,9-10,12H,5,8,11,13H2,1H3,(H,20,21). The van der Waals surface area contributed by atoms with Gasteiger partial charge < -0.3 is 14.8 Å². The third kappa shape index (κ3) is 5.72. The SMILES string of the molecule is COC(=O)c1ccnc(CNC(=O)CCCOc2ccccc2)c1. The number of nitrogens with one attached hydrogen (secondary N) is 1. The maximum atomic E-state index is 11.8. The van der Waals surface area contributed by atoms with Gasteiger partial charge in [-0.15, -0.1) is 0 Å². The second-order valence-electron chi connectivity index (χ2n) is 5.07. The van der Waals surface area contributed by atoms with Crippen molar-refractivity contribution in [1.29, 1.82) is 0 Å². The number of amides is 1. The Hall–Kier alpha value is -2.89. The molecular weight excluding hydrogens is 308 g/mol. The van der Waals surface area contributed by atoms with Crippen LogP contribution in [-0.4, -0.2) is 30.6 Å². The van der Waals surface area contributed by atoms with Crippen molar-refractivity contribution in [3.05, 3.63) is 59.9 Å². The average molecular weight is 328 g/mol. The highest BCUT2D eigenvalue weighted by Crippen LogP contribution is 2.09. The van der Waals surface area contributed by atoms with Crippen LogP contribution < -0.4 is 10.1 Å². The molecule has 0 unspecified atom stereocenters. The van der Waals surface area contributed by atoms with E-state index in [1.165, 1.54) is 13.3 Å². The Morgan fingerprint density at radius 3 is 2.71 bits per heavy atom. The van der Waals surface area contributed by atoms with E-state index in [4.69, 9.17) is 4.74 Å². The third-order valence-electron chi connectivity index (χ3n) is 3.26. The van der Waals surface area contributed by atoms with Crippen LogP contribution in [0, 0.1) is 0 Å². The lowest BCUT2D eigenvalue weighted by molar-refractivity contribution is -0.121. The fourth-order valence-electron chi connectivity index (χ4n) is 2.04. The summed E-state index contributed by atoms with van der Waals surface area (Å²) in [4.78, 5) is 27.4. The molecule has 2 rings (SSSR count). The van der Waals surface area contributed by atoms with Crippen LogP contribution in [0.15, 0.2) is 48.7 Å². The Labute approximate surface area is 140 Å². The summed E-state index contributed by atoms with van der Waals surface area (Å²) in [7, 11) is 1.32. The summed E-state index contributed by atoms with van der Waals surface area (Å²) in [6.07, 6.45) is 2.50. The minimum absolute atomic E-state index is 0.0862. The van der Waals surface area contributed by atoms with Crippen LogP contribution in [0.2, 0.25) is 0 Å². The zero-order valence-corrected chi connectivity index (χ0v) is 13.5. The van der Waals surface area contributed by atoms with E-state index in [0.29, 0.717) is 30.7 Å². The lowest BCUT2D eigenvalue weighted by atomic mass is 10.2. The predicted molar refractivity (Wildman–Crippen MR) is 88.6 cm³/mol. The van der Waals surface area contributed by atoms with Gasteiger partial charge in [0.2, 0.25) is 5.91 Å². The van der Waals surface area contributed by atoms with Crippen LogP contribution in [0.3, 0.4) is 0 Å². The van der Waals surface area contributed by atoms with Gasteiger partial charge in [-0.1, -0.05) is 18.2 Å². The Morgan fingerprint density at radius 2 is 1.96 bits per heavy atom. The minimum atomic E-state index is -0.428. The Balaban J connectivity index is 1.68. The first-order valence-electron chi connectivity index (χ1n) is 7.67. The molecular formula is C18H20N2O4. The van der Waals surface area contributed by atoms with Gasteiger partial charge >= 0.3 is 5.97 Å². The monoisotopic (exact) mass is 328 g/mol. The maximum Gasteiger partial charge on any atom is 0.337 e. The number of carbonyl (C=O) groups excluding carboxylic acids is 2. The molecule has 126 valence electrons. The molecule has 0 radical (unpaired) electrons. The zero-order valence-electron chi connectivity index (χ0n) is 13.5. The van der Waals surface area contributed by atoms with Crippen LogP contribution in [0.1, 0.15) is 28.9 Å². The number of para-hydroxylation sites is 1. The van der Waals surface area contributed by atoms with E-state index < -0.39 is 5.97 Å². The molecule has 2 aromatic rings. The second-order valence-corrected chi connectivity index (χ2v) is 5.07. The van der Waals surface area contributed by atoms with E-state index >= 15 is 0 Å². The van der Waals surface area contributed by atoms with Crippen LogP contribution in [-0.2, 0) is 16.1 Å². The Bertz CT molecular complexity index is 674. The quantitative estimate of drug-likeness (QED) is 0.594. The molecule has 6 nitrogen and oxygen atoms in total. The zero-order chi connectivity index (χ0) is 17.2. The van der Waals surface area contributed by atoms with Gasteiger partial charge in [0.05, 0.1) is 31.5 Å². The highest BCUT2D eigenvalue weighted by Gasteiger charge is 2.07. The minimum Gasteiger partial charge on any atom is -0.494 e. The molecule has 1 aromatic heterocycles. The van der Waals surface area contributed by atoms with E-state index in [-0.39, 0.29) is 12.5 Å². The highest BCUT2D eigenvalue weighted by atomic mass is 16.5. The molecule has 1 amide bonds. The number of aromatic nitrogens is 1. The number of hydrogen-bond acceptors (Lipinski definition) is 5. The van der Waals surface area contributed by atoms with Crippen molar-refractivity contribution in [2.45, 2.75) is 19.4 Å². The van der Waals surface area contributed by atoms with Gasteiger partial charge in [0.25, 0.3) is 0 Å². The Kier molecular flexibility index (Phi) is 6.76. The van der Waals surface area contributed by atoms with Crippen molar-refractivity contribution in [3.8, 4) is 5.75 Å². The first-order valence-corrected chi connectivity index (χ1v) is 7.67. The summed E-state index contributed by atoms with van der Waals surface area (Å²) in [6.45, 7) is 0.747. The van der Waals surface area contributed by atoms with Crippen molar-refractivity contribution in [2.24, 2.45) is 0 Å². The molecule has 1 heterocycles. The van der Waals surface area contributed by atoms with Gasteiger partial charge in [0, 0.05) is 12.6 Å². The second kappa shape index (κ2) is 9.29. The van der Waals surface area contributed by atoms with Crippen LogP contribution >= 0.6 is 0 Å². The molecule has 0 saturated heterocycles. The molecule has 24 heavy (non-hydrogen) atoms. The molecule has 0 spiro atoms. The van der Waals surface area contributed by atoms with E-state index in [1.54, 1.807) is 12.1 Å². The molecule has 6 heteroatoms. The largest absolute Gasteiger partial charge is 0.494 e. The van der Waals surface area contributed by atoms with Crippen LogP contribution in [0.25, 0.3) is 0 Å². The first kappa shape index (κ1) is 17.5. The number of benzene rings is 1. The van der Waals surface area contributed by atoms with Crippen molar-refractivity contribution in [3.63, 3.8) is 0 Å². The number of esters is 1. The van der Waals surface area contributed by atoms with E-state index in [0.717, 1.165) is 5.75 Å². The lowest BCUT2D eigenvalue weighted by Gasteiger charge is -2.07. The fourth-order valence-corrected chi connectivity index (χ4v) is 2.04. The topological polar surface area (TPSA) is 77.5 Å². The number of nitrogens with zero attached hydrogens (tertiary/aromatic N) is 1. The average Bonchev–Trinajstić information content (AvgIpc) is 2.64. The van der Waals surface area contributed by atoms with Gasteiger partial charge in [-0.05, 0) is 30.7 Å². The molecule has 0 aliphatic heterocycles. The van der Waals surface area contributed by atoms with Crippen LogP contribution in [0.4, 0.5) is 0 Å². The van der Waals surface area contributed by atoms with Gasteiger partial charge in [-0.25, -0.2) is 4.79 Å². The summed E-state index contributed by atoms with van der Waals surface area (Å²) in [5, 5.41) is 2.77. The molecule has 0 aliphatic rings. The normalized spacial score (nSPS) is 10.0. The molecule has 1 N–H and O–H groups in total. The third-order valence-corrected chi connectivity index (χ3v) is 3.26. The highest BCUT2D eigenvalue weighted by molar-refractivity contribution is 5.89. The molecule has 0 saturated carbocycles. The predicted octanol–water partition coefficient (Wildman–Crippen LogP) is 2.34. The summed E-state index contributed by atoms with van der Waals surface area (Å²) >= 11 is 0. The fraction of sp³-hybridized carbons (Fsp3) is 0.278. The van der Waals surface area contributed by atoms with Gasteiger partial charge in [-0.3, -0.25) is 9.78 Å². The number of rotatable bonds is 8. The van der Waals surface area contributed by atoms with E-state index in [1.807, 2.05) is 30.3 Å². The summed E-state index contributed by atoms with van der Waals surface area (Å²) < 4.78 is 10.2. The summed E-state index contributed by atoms with van der Waals surface area (Å²) in [5.74, 6) is 0.279. The number of pyridine rings is 1. The van der Waals surface area contributed by atoms with Crippen molar-refractivity contribution in [1.82, 2.24) is 10.3 Å². The molecule has 0 fully saturated rings. The number of carbonyl (C=O) groups is 2. The summed E-state index contributed by atoms with van der Waals surface area (Å²) in [6, 6.07) is 12.6. The van der Waals surface area contributed by atoms with Crippen molar-refractivity contribution >= 4 is 11.9 Å². The van der Waals surface area contributed by atoms with E-state index in [2.05, 4.69) is 15.0 Å². The van der Waals surface area contributed by atoms with Crippen LogP contribution in [0.5, 0.6) is 5.75 Å².